The van der Waals surface area contributed by atoms with E-state index in [9.17, 15) is 14.7 Å². The molecule has 1 heterocycles. The highest BCUT2D eigenvalue weighted by Gasteiger charge is 2.50. The highest BCUT2D eigenvalue weighted by Crippen LogP contribution is 2.31. The van der Waals surface area contributed by atoms with Crippen LogP contribution in [0.3, 0.4) is 0 Å². The van der Waals surface area contributed by atoms with Gasteiger partial charge in [0.2, 0.25) is 0 Å². The fourth-order valence-electron chi connectivity index (χ4n) is 2.33. The minimum absolute atomic E-state index is 0.211. The third-order valence-electron chi connectivity index (χ3n) is 3.27. The summed E-state index contributed by atoms with van der Waals surface area (Å²) in [6, 6.07) is 0. The number of hydrogen-bond acceptors (Lipinski definition) is 5. The fraction of sp³-hybridized carbons (Fsp3) is 0.857. The molecule has 1 N–H and O–H groups in total. The summed E-state index contributed by atoms with van der Waals surface area (Å²) in [6.07, 6.45) is 1.35. The van der Waals surface area contributed by atoms with Crippen molar-refractivity contribution in [3.05, 3.63) is 0 Å². The van der Waals surface area contributed by atoms with Crippen molar-refractivity contribution in [1.29, 1.82) is 0 Å². The predicted molar refractivity (Wildman–Crippen MR) is 73.2 cm³/mol. The van der Waals surface area contributed by atoms with Crippen LogP contribution in [0.4, 0.5) is 4.79 Å². The molecule has 1 aliphatic heterocycles. The second-order valence-corrected chi connectivity index (χ2v) is 6.00. The van der Waals surface area contributed by atoms with Gasteiger partial charge in [0.15, 0.2) is 5.54 Å². The molecule has 1 amide bonds. The van der Waals surface area contributed by atoms with Gasteiger partial charge in [-0.1, -0.05) is 0 Å². The van der Waals surface area contributed by atoms with E-state index in [1.165, 1.54) is 4.90 Å². The van der Waals surface area contributed by atoms with E-state index in [-0.39, 0.29) is 6.61 Å². The number of nitrogens with zero attached hydrogens (tertiary/aromatic N) is 1. The van der Waals surface area contributed by atoms with Gasteiger partial charge in [0, 0.05) is 6.54 Å². The molecule has 0 aromatic heterocycles. The monoisotopic (exact) mass is 287 g/mol. The molecule has 6 heteroatoms. The molecule has 1 rings (SSSR count). The van der Waals surface area contributed by atoms with Crippen LogP contribution in [-0.2, 0) is 14.3 Å². The first kappa shape index (κ1) is 16.8. The maximum atomic E-state index is 12.3. The quantitative estimate of drug-likeness (QED) is 0.800. The van der Waals surface area contributed by atoms with Gasteiger partial charge in [0.25, 0.3) is 0 Å². The van der Waals surface area contributed by atoms with Crippen LogP contribution in [0.15, 0.2) is 0 Å². The van der Waals surface area contributed by atoms with Crippen LogP contribution in [0.2, 0.25) is 0 Å². The molecule has 0 aliphatic carbocycles. The number of hydrogen-bond donors (Lipinski definition) is 1. The van der Waals surface area contributed by atoms with E-state index < -0.39 is 29.8 Å². The van der Waals surface area contributed by atoms with Crippen molar-refractivity contribution in [3.8, 4) is 0 Å². The highest BCUT2D eigenvalue weighted by atomic mass is 16.6. The van der Waals surface area contributed by atoms with E-state index in [4.69, 9.17) is 9.47 Å². The van der Waals surface area contributed by atoms with E-state index in [1.54, 1.807) is 27.7 Å². The number of esters is 1. The van der Waals surface area contributed by atoms with Crippen LogP contribution in [0.5, 0.6) is 0 Å². The molecule has 0 radical (unpaired) electrons. The minimum Gasteiger partial charge on any atom is -0.464 e. The van der Waals surface area contributed by atoms with Crippen LogP contribution >= 0.6 is 0 Å². The summed E-state index contributed by atoms with van der Waals surface area (Å²) in [7, 11) is 0. The Hall–Kier alpha value is -1.30. The molecule has 6 nitrogen and oxygen atoms in total. The predicted octanol–water partition coefficient (Wildman–Crippen LogP) is 1.70. The van der Waals surface area contributed by atoms with Crippen LogP contribution in [0.1, 0.15) is 47.0 Å². The summed E-state index contributed by atoms with van der Waals surface area (Å²) in [5, 5.41) is 9.71. The van der Waals surface area contributed by atoms with Crippen molar-refractivity contribution in [2.75, 3.05) is 19.8 Å². The average Bonchev–Trinajstić information content (AvgIpc) is 2.36. The Bertz CT molecular complexity index is 363. The Morgan fingerprint density at radius 1 is 1.30 bits per heavy atom. The number of ether oxygens (including phenoxy) is 2. The molecular formula is C14H25NO5. The van der Waals surface area contributed by atoms with Gasteiger partial charge in [0.1, 0.15) is 5.60 Å². The molecule has 1 saturated heterocycles. The maximum Gasteiger partial charge on any atom is 0.411 e. The van der Waals surface area contributed by atoms with Crippen LogP contribution in [-0.4, -0.2) is 53.0 Å². The van der Waals surface area contributed by atoms with E-state index in [0.717, 1.165) is 12.8 Å². The van der Waals surface area contributed by atoms with Gasteiger partial charge in [-0.05, 0) is 47.0 Å². The number of amides is 1. The summed E-state index contributed by atoms with van der Waals surface area (Å²) < 4.78 is 10.4. The van der Waals surface area contributed by atoms with Gasteiger partial charge in [-0.25, -0.2) is 9.59 Å². The molecule has 0 spiro atoms. The molecule has 1 aliphatic rings. The van der Waals surface area contributed by atoms with Gasteiger partial charge in [-0.2, -0.15) is 0 Å². The SMILES string of the molecule is CCOC(=O)C1(CO)CCCCN1C(=O)OC(C)(C)C. The molecular weight excluding hydrogens is 262 g/mol. The fourth-order valence-corrected chi connectivity index (χ4v) is 2.33. The number of carbonyl (C=O) groups excluding carboxylic acids is 2. The zero-order valence-electron chi connectivity index (χ0n) is 12.8. The molecule has 0 saturated carbocycles. The molecule has 0 aromatic rings. The van der Waals surface area contributed by atoms with Crippen molar-refractivity contribution in [3.63, 3.8) is 0 Å². The number of carbonyl (C=O) groups is 2. The molecule has 1 fully saturated rings. The van der Waals surface area contributed by atoms with Crippen molar-refractivity contribution in [2.24, 2.45) is 0 Å². The Morgan fingerprint density at radius 2 is 1.95 bits per heavy atom. The molecule has 116 valence electrons. The number of aliphatic hydroxyl groups is 1. The summed E-state index contributed by atoms with van der Waals surface area (Å²) in [5.74, 6) is -0.562. The third kappa shape index (κ3) is 3.62. The van der Waals surface area contributed by atoms with Gasteiger partial charge < -0.3 is 14.6 Å². The van der Waals surface area contributed by atoms with Crippen LogP contribution < -0.4 is 0 Å². The smallest absolute Gasteiger partial charge is 0.411 e. The van der Waals surface area contributed by atoms with Crippen molar-refractivity contribution in [1.82, 2.24) is 4.90 Å². The number of likely N-dealkylation sites (tertiary alicyclic amines) is 1. The molecule has 1 atom stereocenters. The molecule has 20 heavy (non-hydrogen) atoms. The third-order valence-corrected chi connectivity index (χ3v) is 3.27. The largest absolute Gasteiger partial charge is 0.464 e. The van der Waals surface area contributed by atoms with Crippen molar-refractivity contribution in [2.45, 2.75) is 58.1 Å². The van der Waals surface area contributed by atoms with E-state index >= 15 is 0 Å². The van der Waals surface area contributed by atoms with Crippen molar-refractivity contribution < 1.29 is 24.2 Å². The number of piperidine rings is 1. The van der Waals surface area contributed by atoms with E-state index in [1.807, 2.05) is 0 Å². The zero-order chi connectivity index (χ0) is 15.4. The van der Waals surface area contributed by atoms with Gasteiger partial charge in [-0.15, -0.1) is 0 Å². The minimum atomic E-state index is -1.31. The molecule has 1 unspecified atom stereocenters. The van der Waals surface area contributed by atoms with Crippen LogP contribution in [0.25, 0.3) is 0 Å². The second-order valence-electron chi connectivity index (χ2n) is 6.00. The number of rotatable bonds is 3. The highest BCUT2D eigenvalue weighted by molar-refractivity contribution is 5.86. The maximum absolute atomic E-state index is 12.3. The summed E-state index contributed by atoms with van der Waals surface area (Å²) in [6.45, 7) is 7.13. The summed E-state index contributed by atoms with van der Waals surface area (Å²) in [5.41, 5.74) is -1.96. The normalized spacial score (nSPS) is 23.4. The van der Waals surface area contributed by atoms with E-state index in [2.05, 4.69) is 0 Å². The average molecular weight is 287 g/mol. The molecule has 0 aromatic carbocycles. The Labute approximate surface area is 120 Å². The first-order chi connectivity index (χ1) is 9.27. The van der Waals surface area contributed by atoms with Gasteiger partial charge >= 0.3 is 12.1 Å². The molecule has 0 bridgehead atoms. The lowest BCUT2D eigenvalue weighted by Gasteiger charge is -2.43. The lowest BCUT2D eigenvalue weighted by molar-refractivity contribution is -0.163. The lowest BCUT2D eigenvalue weighted by Crippen LogP contribution is -2.62. The summed E-state index contributed by atoms with van der Waals surface area (Å²) >= 11 is 0. The zero-order valence-corrected chi connectivity index (χ0v) is 12.8. The first-order valence-corrected chi connectivity index (χ1v) is 7.05. The Morgan fingerprint density at radius 3 is 2.45 bits per heavy atom. The van der Waals surface area contributed by atoms with Crippen molar-refractivity contribution >= 4 is 12.1 Å². The Kier molecular flexibility index (Phi) is 5.39. The van der Waals surface area contributed by atoms with Crippen LogP contribution in [0, 0.1) is 0 Å². The number of aliphatic hydroxyl groups excluding tert-OH is 1. The van der Waals surface area contributed by atoms with Gasteiger partial charge in [-0.3, -0.25) is 4.90 Å². The second kappa shape index (κ2) is 6.43. The first-order valence-electron chi connectivity index (χ1n) is 7.05. The van der Waals surface area contributed by atoms with Gasteiger partial charge in [0.05, 0.1) is 13.2 Å². The standard InChI is InChI=1S/C14H25NO5/c1-5-19-11(17)14(10-16)8-6-7-9-15(14)12(18)20-13(2,3)4/h16H,5-10H2,1-4H3. The van der Waals surface area contributed by atoms with E-state index in [0.29, 0.717) is 13.0 Å². The summed E-state index contributed by atoms with van der Waals surface area (Å²) in [4.78, 5) is 25.8. The lowest BCUT2D eigenvalue weighted by atomic mass is 9.87. The topological polar surface area (TPSA) is 76.1 Å². The Balaban J connectivity index is 2.99.